The van der Waals surface area contributed by atoms with Crippen LogP contribution in [-0.2, 0) is 16.6 Å². The zero-order valence-electron chi connectivity index (χ0n) is 17.9. The van der Waals surface area contributed by atoms with Crippen molar-refractivity contribution in [3.63, 3.8) is 0 Å². The van der Waals surface area contributed by atoms with Gasteiger partial charge in [0.05, 0.1) is 12.8 Å². The first-order valence-corrected chi connectivity index (χ1v) is 11.6. The Morgan fingerprint density at radius 2 is 2.03 bits per heavy atom. The van der Waals surface area contributed by atoms with Crippen molar-refractivity contribution < 1.29 is 9.53 Å². The van der Waals surface area contributed by atoms with Crippen LogP contribution < -0.4 is 15.4 Å². The Labute approximate surface area is 174 Å². The molecule has 0 aromatic heterocycles. The zero-order chi connectivity index (χ0) is 20.0. The molecule has 4 aliphatic rings. The van der Waals surface area contributed by atoms with Gasteiger partial charge in [-0.05, 0) is 94.4 Å². The lowest BCUT2D eigenvalue weighted by molar-refractivity contribution is -0.120. The SMILES string of the molecule is COc1cc2c(cc1NC(=O)C1CCNCC1)C[C@H]1C3CCCC[C@@]23CCN1C. The van der Waals surface area contributed by atoms with Gasteiger partial charge in [-0.15, -0.1) is 0 Å². The van der Waals surface area contributed by atoms with Gasteiger partial charge in [-0.3, -0.25) is 4.79 Å². The highest BCUT2D eigenvalue weighted by molar-refractivity contribution is 5.94. The van der Waals surface area contributed by atoms with Crippen molar-refractivity contribution in [3.8, 4) is 5.75 Å². The van der Waals surface area contributed by atoms with Crippen LogP contribution in [0.15, 0.2) is 12.1 Å². The maximum Gasteiger partial charge on any atom is 0.227 e. The number of benzene rings is 1. The summed E-state index contributed by atoms with van der Waals surface area (Å²) in [5, 5.41) is 6.56. The summed E-state index contributed by atoms with van der Waals surface area (Å²) < 4.78 is 5.80. The number of hydrogen-bond acceptors (Lipinski definition) is 4. The second kappa shape index (κ2) is 7.59. The van der Waals surface area contributed by atoms with Crippen molar-refractivity contribution >= 4 is 11.6 Å². The monoisotopic (exact) mass is 397 g/mol. The molecule has 1 amide bonds. The number of likely N-dealkylation sites (tertiary alicyclic amines) is 1. The van der Waals surface area contributed by atoms with Crippen LogP contribution in [0.5, 0.6) is 5.75 Å². The smallest absolute Gasteiger partial charge is 0.227 e. The van der Waals surface area contributed by atoms with Crippen LogP contribution in [0, 0.1) is 11.8 Å². The van der Waals surface area contributed by atoms with Crippen molar-refractivity contribution in [1.82, 2.24) is 10.2 Å². The highest BCUT2D eigenvalue weighted by Gasteiger charge is 2.53. The Kier molecular flexibility index (Phi) is 5.07. The minimum absolute atomic E-state index is 0.101. The van der Waals surface area contributed by atoms with E-state index >= 15 is 0 Å². The van der Waals surface area contributed by atoms with E-state index in [0.29, 0.717) is 11.5 Å². The molecule has 0 spiro atoms. The molecule has 2 bridgehead atoms. The van der Waals surface area contributed by atoms with Gasteiger partial charge < -0.3 is 20.3 Å². The summed E-state index contributed by atoms with van der Waals surface area (Å²) in [6.07, 6.45) is 9.54. The van der Waals surface area contributed by atoms with Crippen LogP contribution in [0.4, 0.5) is 5.69 Å². The molecule has 5 rings (SSSR count). The second-order valence-electron chi connectivity index (χ2n) is 9.73. The predicted octanol–water partition coefficient (Wildman–Crippen LogP) is 3.32. The highest BCUT2D eigenvalue weighted by Crippen LogP contribution is 2.56. The van der Waals surface area contributed by atoms with Gasteiger partial charge in [0.25, 0.3) is 0 Å². The maximum absolute atomic E-state index is 12.9. The van der Waals surface area contributed by atoms with E-state index in [4.69, 9.17) is 4.74 Å². The number of nitrogens with zero attached hydrogens (tertiary/aromatic N) is 1. The number of anilines is 1. The summed E-state index contributed by atoms with van der Waals surface area (Å²) in [6, 6.07) is 5.16. The first-order valence-electron chi connectivity index (χ1n) is 11.6. The van der Waals surface area contributed by atoms with Gasteiger partial charge in [0, 0.05) is 17.4 Å². The van der Waals surface area contributed by atoms with Gasteiger partial charge in [0.15, 0.2) is 0 Å². The normalized spacial score (nSPS) is 32.2. The Hall–Kier alpha value is -1.59. The van der Waals surface area contributed by atoms with E-state index in [9.17, 15) is 4.79 Å². The Morgan fingerprint density at radius 3 is 2.83 bits per heavy atom. The summed E-state index contributed by atoms with van der Waals surface area (Å²) >= 11 is 0. The molecule has 3 fully saturated rings. The minimum Gasteiger partial charge on any atom is -0.495 e. The van der Waals surface area contributed by atoms with Crippen LogP contribution in [-0.4, -0.2) is 50.6 Å². The molecule has 1 aromatic carbocycles. The lowest BCUT2D eigenvalue weighted by Crippen LogP contribution is -2.59. The largest absolute Gasteiger partial charge is 0.495 e. The van der Waals surface area contributed by atoms with Crippen molar-refractivity contribution in [2.24, 2.45) is 11.8 Å². The number of likely N-dealkylation sites (N-methyl/N-ethyl adjacent to an activating group) is 1. The molecule has 2 saturated heterocycles. The molecule has 2 aliphatic carbocycles. The Bertz CT molecular complexity index is 789. The average Bonchev–Trinajstić information content (AvgIpc) is 2.76. The first kappa shape index (κ1) is 19.4. The van der Waals surface area contributed by atoms with Crippen LogP contribution >= 0.6 is 0 Å². The van der Waals surface area contributed by atoms with Gasteiger partial charge in [0.2, 0.25) is 5.91 Å². The standard InChI is InChI=1S/C24H35N3O2/c1-27-12-9-24-8-4-3-5-18(24)21(27)14-17-13-20(22(29-2)15-19(17)24)26-23(28)16-6-10-25-11-7-16/h13,15-16,18,21,25H,3-12,14H2,1-2H3,(H,26,28)/t18?,21-,24-/m0/s1. The number of ether oxygens (including phenoxy) is 1. The molecule has 1 saturated carbocycles. The molecule has 2 N–H and O–H groups in total. The molecular formula is C24H35N3O2. The maximum atomic E-state index is 12.9. The van der Waals surface area contributed by atoms with E-state index in [1.807, 2.05) is 0 Å². The van der Waals surface area contributed by atoms with Crippen molar-refractivity contribution in [3.05, 3.63) is 23.3 Å². The fourth-order valence-electron chi connectivity index (χ4n) is 6.82. The number of methoxy groups -OCH3 is 1. The van der Waals surface area contributed by atoms with E-state index in [-0.39, 0.29) is 11.8 Å². The molecule has 5 heteroatoms. The fraction of sp³-hybridized carbons (Fsp3) is 0.708. The highest BCUT2D eigenvalue weighted by atomic mass is 16.5. The third-order valence-electron chi connectivity index (χ3n) is 8.40. The number of carbonyl (C=O) groups is 1. The molecule has 3 atom stereocenters. The van der Waals surface area contributed by atoms with Crippen molar-refractivity contribution in [2.75, 3.05) is 39.1 Å². The quantitative estimate of drug-likeness (QED) is 0.822. The Morgan fingerprint density at radius 1 is 1.21 bits per heavy atom. The summed E-state index contributed by atoms with van der Waals surface area (Å²) in [5.74, 6) is 1.85. The van der Waals surface area contributed by atoms with Crippen LogP contribution in [0.1, 0.15) is 56.1 Å². The minimum atomic E-state index is 0.101. The molecule has 5 nitrogen and oxygen atoms in total. The van der Waals surface area contributed by atoms with Gasteiger partial charge in [-0.2, -0.15) is 0 Å². The summed E-state index contributed by atoms with van der Waals surface area (Å²) in [4.78, 5) is 15.5. The van der Waals surface area contributed by atoms with Crippen LogP contribution in [0.3, 0.4) is 0 Å². The molecule has 158 valence electrons. The van der Waals surface area contributed by atoms with Crippen molar-refractivity contribution in [1.29, 1.82) is 0 Å². The van der Waals surface area contributed by atoms with Gasteiger partial charge >= 0.3 is 0 Å². The molecule has 0 radical (unpaired) electrons. The Balaban J connectivity index is 1.50. The number of piperidine rings is 2. The van der Waals surface area contributed by atoms with E-state index < -0.39 is 0 Å². The first-order chi connectivity index (χ1) is 14.1. The number of hydrogen-bond donors (Lipinski definition) is 2. The lowest BCUT2D eigenvalue weighted by atomic mass is 9.52. The molecule has 1 unspecified atom stereocenters. The van der Waals surface area contributed by atoms with Crippen molar-refractivity contribution in [2.45, 2.75) is 62.8 Å². The number of nitrogens with one attached hydrogen (secondary N) is 2. The molecule has 1 aromatic rings. The van der Waals surface area contributed by atoms with E-state index in [1.165, 1.54) is 49.8 Å². The lowest BCUT2D eigenvalue weighted by Gasteiger charge is -2.58. The third-order valence-corrected chi connectivity index (χ3v) is 8.40. The zero-order valence-corrected chi connectivity index (χ0v) is 17.9. The number of rotatable bonds is 3. The number of amides is 1. The van der Waals surface area contributed by atoms with E-state index in [2.05, 4.69) is 34.7 Å². The molecule has 29 heavy (non-hydrogen) atoms. The fourth-order valence-corrected chi connectivity index (χ4v) is 6.82. The molecule has 2 aliphatic heterocycles. The molecule has 2 heterocycles. The van der Waals surface area contributed by atoms with Gasteiger partial charge in [-0.1, -0.05) is 12.8 Å². The summed E-state index contributed by atoms with van der Waals surface area (Å²) in [6.45, 7) is 3.05. The van der Waals surface area contributed by atoms with Crippen LogP contribution in [0.25, 0.3) is 0 Å². The van der Waals surface area contributed by atoms with Gasteiger partial charge in [0.1, 0.15) is 5.75 Å². The van der Waals surface area contributed by atoms with Crippen LogP contribution in [0.2, 0.25) is 0 Å². The predicted molar refractivity (Wildman–Crippen MR) is 116 cm³/mol. The van der Waals surface area contributed by atoms with E-state index in [0.717, 1.165) is 49.7 Å². The van der Waals surface area contributed by atoms with Gasteiger partial charge in [-0.25, -0.2) is 0 Å². The molecular weight excluding hydrogens is 362 g/mol. The summed E-state index contributed by atoms with van der Waals surface area (Å²) in [5.41, 5.74) is 4.12. The second-order valence-corrected chi connectivity index (χ2v) is 9.73. The summed E-state index contributed by atoms with van der Waals surface area (Å²) in [7, 11) is 4.04. The number of carbonyl (C=O) groups excluding carboxylic acids is 1. The van der Waals surface area contributed by atoms with E-state index in [1.54, 1.807) is 7.11 Å². The topological polar surface area (TPSA) is 53.6 Å². The average molecular weight is 398 g/mol. The number of fused-ring (bicyclic) bond motifs is 1. The third kappa shape index (κ3) is 3.17.